The number of carbonyl (C=O) groups excluding carboxylic acids is 1. The first kappa shape index (κ1) is 25.5. The van der Waals surface area contributed by atoms with E-state index in [1.807, 2.05) is 47.4 Å². The van der Waals surface area contributed by atoms with Crippen molar-refractivity contribution >= 4 is 41.5 Å². The maximum absolute atomic E-state index is 11.9. The molecule has 2 N–H and O–H groups in total. The minimum atomic E-state index is -0.00251. The van der Waals surface area contributed by atoms with Crippen LogP contribution in [-0.2, 0) is 24.4 Å². The quantitative estimate of drug-likeness (QED) is 0.259. The summed E-state index contributed by atoms with van der Waals surface area (Å²) < 4.78 is 1.69. The molecule has 2 aromatic carbocycles. The van der Waals surface area contributed by atoms with Gasteiger partial charge < -0.3 is 20.1 Å². The minimum absolute atomic E-state index is 0. The second-order valence-corrected chi connectivity index (χ2v) is 8.08. The zero-order valence-corrected chi connectivity index (χ0v) is 21.6. The summed E-state index contributed by atoms with van der Waals surface area (Å²) >= 11 is 0. The zero-order chi connectivity index (χ0) is 23.0. The second kappa shape index (κ2) is 12.4. The predicted molar refractivity (Wildman–Crippen MR) is 147 cm³/mol. The van der Waals surface area contributed by atoms with E-state index >= 15 is 0 Å². The summed E-state index contributed by atoms with van der Waals surface area (Å²) in [5.41, 5.74) is 4.28. The number of aromatic nitrogens is 1. The lowest BCUT2D eigenvalue weighted by atomic mass is 10.1. The highest BCUT2D eigenvalue weighted by Crippen LogP contribution is 2.21. The average Bonchev–Trinajstić information content (AvgIpc) is 3.28. The lowest BCUT2D eigenvalue weighted by Crippen LogP contribution is -2.36. The molecule has 1 aliphatic heterocycles. The van der Waals surface area contributed by atoms with E-state index in [0.29, 0.717) is 32.0 Å². The Bertz CT molecular complexity index is 1170. The van der Waals surface area contributed by atoms with Crippen molar-refractivity contribution in [1.82, 2.24) is 15.2 Å². The molecule has 1 amide bonds. The van der Waals surface area contributed by atoms with Gasteiger partial charge in [0.05, 0.1) is 6.54 Å². The van der Waals surface area contributed by atoms with E-state index in [4.69, 9.17) is 0 Å². The van der Waals surface area contributed by atoms with Gasteiger partial charge in [0.1, 0.15) is 0 Å². The molecular formula is C26H30IN5O2. The number of pyridine rings is 1. The molecule has 34 heavy (non-hydrogen) atoms. The molecule has 1 fully saturated rings. The lowest BCUT2D eigenvalue weighted by Gasteiger charge is -2.16. The standard InChI is InChI=1S/C26H29N5O2.HI/c1-27-26(29-18-21-11-13-23(14-12-21)31-16-4-6-25(31)33)28-17-20-7-9-22(10-8-20)19-30-15-3-2-5-24(30)32;/h2-3,5,7-15H,4,6,16-19H2,1H3,(H2,27,28,29);1H. The van der Waals surface area contributed by atoms with Crippen molar-refractivity contribution in [2.75, 3.05) is 18.5 Å². The van der Waals surface area contributed by atoms with E-state index < -0.39 is 0 Å². The molecule has 8 heteroatoms. The molecule has 1 aliphatic rings. The van der Waals surface area contributed by atoms with Gasteiger partial charge in [0, 0.05) is 51.1 Å². The SMILES string of the molecule is CN=C(NCc1ccc(Cn2ccccc2=O)cc1)NCc1ccc(N2CCCC2=O)cc1.I. The normalized spacial score (nSPS) is 13.5. The van der Waals surface area contributed by atoms with Crippen LogP contribution >= 0.6 is 24.0 Å². The number of anilines is 1. The number of amides is 1. The zero-order valence-electron chi connectivity index (χ0n) is 19.2. The molecular weight excluding hydrogens is 541 g/mol. The van der Waals surface area contributed by atoms with E-state index in [1.54, 1.807) is 29.9 Å². The molecule has 2 heterocycles. The van der Waals surface area contributed by atoms with Crippen LogP contribution in [0.25, 0.3) is 0 Å². The Morgan fingerprint density at radius 2 is 1.50 bits per heavy atom. The van der Waals surface area contributed by atoms with Crippen LogP contribution in [0.4, 0.5) is 5.69 Å². The van der Waals surface area contributed by atoms with Crippen molar-refractivity contribution in [2.24, 2.45) is 4.99 Å². The van der Waals surface area contributed by atoms with Gasteiger partial charge in [-0.2, -0.15) is 0 Å². The summed E-state index contributed by atoms with van der Waals surface area (Å²) in [5.74, 6) is 0.918. The first-order chi connectivity index (χ1) is 16.1. The molecule has 4 rings (SSSR count). The van der Waals surface area contributed by atoms with Gasteiger partial charge in [0.2, 0.25) is 5.91 Å². The van der Waals surface area contributed by atoms with Gasteiger partial charge in [-0.3, -0.25) is 14.6 Å². The van der Waals surface area contributed by atoms with E-state index in [1.165, 1.54) is 0 Å². The molecule has 1 saturated heterocycles. The third-order valence-electron chi connectivity index (χ3n) is 5.74. The number of nitrogens with zero attached hydrogens (tertiary/aromatic N) is 3. The van der Waals surface area contributed by atoms with Crippen LogP contribution in [0.1, 0.15) is 29.5 Å². The highest BCUT2D eigenvalue weighted by atomic mass is 127. The highest BCUT2D eigenvalue weighted by molar-refractivity contribution is 14.0. The molecule has 0 saturated carbocycles. The van der Waals surface area contributed by atoms with Crippen LogP contribution in [0.5, 0.6) is 0 Å². The molecule has 178 valence electrons. The largest absolute Gasteiger partial charge is 0.352 e. The molecule has 0 atom stereocenters. The Morgan fingerprint density at radius 3 is 2.06 bits per heavy atom. The Balaban J connectivity index is 0.00000324. The summed E-state index contributed by atoms with van der Waals surface area (Å²) in [6.07, 6.45) is 3.37. The number of benzene rings is 2. The van der Waals surface area contributed by atoms with Crippen molar-refractivity contribution < 1.29 is 4.79 Å². The summed E-state index contributed by atoms with van der Waals surface area (Å²) in [6, 6.07) is 21.5. The van der Waals surface area contributed by atoms with E-state index in [2.05, 4.69) is 27.8 Å². The fraction of sp³-hybridized carbons (Fsp3) is 0.269. The second-order valence-electron chi connectivity index (χ2n) is 8.08. The topological polar surface area (TPSA) is 78.7 Å². The number of rotatable bonds is 7. The molecule has 0 unspecified atom stereocenters. The van der Waals surface area contributed by atoms with E-state index in [-0.39, 0.29) is 35.4 Å². The van der Waals surface area contributed by atoms with E-state index in [9.17, 15) is 9.59 Å². The van der Waals surface area contributed by atoms with Gasteiger partial charge in [-0.1, -0.05) is 42.5 Å². The van der Waals surface area contributed by atoms with Crippen LogP contribution < -0.4 is 21.1 Å². The molecule has 3 aromatic rings. The first-order valence-corrected chi connectivity index (χ1v) is 11.2. The third-order valence-corrected chi connectivity index (χ3v) is 5.74. The van der Waals surface area contributed by atoms with Gasteiger partial charge in [0.15, 0.2) is 5.96 Å². The number of nitrogens with one attached hydrogen (secondary N) is 2. The van der Waals surface area contributed by atoms with Crippen LogP contribution in [0, 0.1) is 0 Å². The number of halogens is 1. The number of carbonyl (C=O) groups is 1. The number of hydrogen-bond donors (Lipinski definition) is 2. The highest BCUT2D eigenvalue weighted by Gasteiger charge is 2.21. The maximum Gasteiger partial charge on any atom is 0.250 e. The van der Waals surface area contributed by atoms with Crippen molar-refractivity contribution in [3.63, 3.8) is 0 Å². The summed E-state index contributed by atoms with van der Waals surface area (Å²) in [5, 5.41) is 6.65. The maximum atomic E-state index is 11.9. The summed E-state index contributed by atoms with van der Waals surface area (Å²) in [7, 11) is 1.75. The van der Waals surface area contributed by atoms with Crippen molar-refractivity contribution in [3.05, 3.63) is 100.0 Å². The third kappa shape index (κ3) is 6.69. The molecule has 0 radical (unpaired) electrons. The minimum Gasteiger partial charge on any atom is -0.352 e. The van der Waals surface area contributed by atoms with Crippen LogP contribution in [0.15, 0.2) is 82.7 Å². The smallest absolute Gasteiger partial charge is 0.250 e. The Kier molecular flexibility index (Phi) is 9.26. The van der Waals surface area contributed by atoms with Gasteiger partial charge in [-0.05, 0) is 41.3 Å². The average molecular weight is 571 g/mol. The summed E-state index contributed by atoms with van der Waals surface area (Å²) in [6.45, 7) is 2.64. The van der Waals surface area contributed by atoms with Crippen LogP contribution in [-0.4, -0.2) is 30.0 Å². The number of guanidine groups is 1. The Morgan fingerprint density at radius 1 is 0.882 bits per heavy atom. The van der Waals surface area contributed by atoms with Crippen LogP contribution in [0.3, 0.4) is 0 Å². The molecule has 7 nitrogen and oxygen atoms in total. The van der Waals surface area contributed by atoms with Crippen molar-refractivity contribution in [3.8, 4) is 0 Å². The Labute approximate surface area is 216 Å². The van der Waals surface area contributed by atoms with Gasteiger partial charge in [0.25, 0.3) is 5.56 Å². The Hall–Kier alpha value is -3.14. The van der Waals surface area contributed by atoms with Crippen LogP contribution in [0.2, 0.25) is 0 Å². The number of aliphatic imine (C=N–C) groups is 1. The van der Waals surface area contributed by atoms with Gasteiger partial charge in [-0.15, -0.1) is 24.0 Å². The summed E-state index contributed by atoms with van der Waals surface area (Å²) in [4.78, 5) is 29.9. The fourth-order valence-electron chi connectivity index (χ4n) is 3.86. The fourth-order valence-corrected chi connectivity index (χ4v) is 3.86. The first-order valence-electron chi connectivity index (χ1n) is 11.2. The molecule has 0 aliphatic carbocycles. The van der Waals surface area contributed by atoms with Crippen molar-refractivity contribution in [1.29, 1.82) is 0 Å². The molecule has 0 bridgehead atoms. The van der Waals surface area contributed by atoms with Gasteiger partial charge >= 0.3 is 0 Å². The predicted octanol–water partition coefficient (Wildman–Crippen LogP) is 3.51. The number of hydrogen-bond acceptors (Lipinski definition) is 3. The lowest BCUT2D eigenvalue weighted by molar-refractivity contribution is -0.117. The monoisotopic (exact) mass is 571 g/mol. The van der Waals surface area contributed by atoms with Crippen molar-refractivity contribution in [2.45, 2.75) is 32.5 Å². The van der Waals surface area contributed by atoms with Gasteiger partial charge in [-0.25, -0.2) is 0 Å². The van der Waals surface area contributed by atoms with E-state index in [0.717, 1.165) is 35.3 Å². The molecule has 1 aromatic heterocycles. The molecule has 0 spiro atoms.